The lowest BCUT2D eigenvalue weighted by molar-refractivity contribution is 0.300. The Balaban J connectivity index is 1.72. The molecular weight excluding hydrogens is 491 g/mol. The second kappa shape index (κ2) is 10.0. The highest BCUT2D eigenvalue weighted by atomic mass is 32.2. The standard InChI is InChI=1S/C28H33FN4O3S/c1-28(2,3)37(6,35)24-18-33-21(16-23(24)36-5)9-7-8-10-22(33)20-14-25(29)31-26(15-20)30-17-19-11-12-32(4)27(34)13-19/h9-16,18H,6-8,17H2,1-5H3,(H,30,31). The molecule has 0 bridgehead atoms. The molecule has 2 aliphatic heterocycles. The zero-order valence-corrected chi connectivity index (χ0v) is 22.7. The molecule has 0 aromatic carbocycles. The minimum atomic E-state index is -2.75. The third kappa shape index (κ3) is 5.41. The molecule has 0 amide bonds. The first kappa shape index (κ1) is 26.5. The van der Waals surface area contributed by atoms with Gasteiger partial charge in [0.15, 0.2) is 0 Å². The van der Waals surface area contributed by atoms with Gasteiger partial charge in [-0.05, 0) is 57.2 Å². The number of halogens is 1. The summed E-state index contributed by atoms with van der Waals surface area (Å²) in [5.41, 5.74) is 2.85. The maximum Gasteiger partial charge on any atom is 0.250 e. The van der Waals surface area contributed by atoms with Crippen molar-refractivity contribution in [2.75, 3.05) is 12.4 Å². The van der Waals surface area contributed by atoms with Crippen molar-refractivity contribution >= 4 is 26.9 Å². The number of pyridine rings is 2. The summed E-state index contributed by atoms with van der Waals surface area (Å²) < 4.78 is 35.1. The molecule has 0 fully saturated rings. The Morgan fingerprint density at radius 2 is 1.95 bits per heavy atom. The second-order valence-electron chi connectivity index (χ2n) is 10.1. The van der Waals surface area contributed by atoms with Crippen LogP contribution in [0, 0.1) is 5.95 Å². The lowest BCUT2D eigenvalue weighted by Crippen LogP contribution is -2.32. The summed E-state index contributed by atoms with van der Waals surface area (Å²) >= 11 is 0. The van der Waals surface area contributed by atoms with Crippen LogP contribution in [-0.2, 0) is 27.9 Å². The zero-order valence-electron chi connectivity index (χ0n) is 21.9. The number of ether oxygens (including phenoxy) is 1. The lowest BCUT2D eigenvalue weighted by atomic mass is 10.1. The molecule has 0 spiro atoms. The Morgan fingerprint density at radius 3 is 2.62 bits per heavy atom. The Kier molecular flexibility index (Phi) is 7.19. The first-order valence-electron chi connectivity index (χ1n) is 12.0. The highest BCUT2D eigenvalue weighted by Gasteiger charge is 2.33. The van der Waals surface area contributed by atoms with Gasteiger partial charge in [-0.3, -0.25) is 9.00 Å². The van der Waals surface area contributed by atoms with Crippen LogP contribution in [0.2, 0.25) is 0 Å². The van der Waals surface area contributed by atoms with E-state index in [-0.39, 0.29) is 5.56 Å². The van der Waals surface area contributed by atoms with Crippen LogP contribution in [0.1, 0.15) is 44.7 Å². The molecule has 4 rings (SSSR count). The molecule has 196 valence electrons. The van der Waals surface area contributed by atoms with Gasteiger partial charge in [0, 0.05) is 75.4 Å². The largest absolute Gasteiger partial charge is 0.495 e. The second-order valence-corrected chi connectivity index (χ2v) is 13.1. The average Bonchev–Trinajstić information content (AvgIpc) is 3.05. The molecule has 37 heavy (non-hydrogen) atoms. The van der Waals surface area contributed by atoms with Gasteiger partial charge in [-0.2, -0.15) is 4.39 Å². The van der Waals surface area contributed by atoms with Crippen molar-refractivity contribution in [3.8, 4) is 0 Å². The summed E-state index contributed by atoms with van der Waals surface area (Å²) in [7, 11) is 0.494. The number of hydrogen-bond acceptors (Lipinski definition) is 6. The van der Waals surface area contributed by atoms with E-state index in [1.165, 1.54) is 16.7 Å². The normalized spacial score (nSPS) is 17.4. The molecule has 1 N–H and O–H groups in total. The van der Waals surface area contributed by atoms with Gasteiger partial charge in [0.05, 0.1) is 12.0 Å². The summed E-state index contributed by atoms with van der Waals surface area (Å²) in [6.45, 7) is 5.98. The van der Waals surface area contributed by atoms with Gasteiger partial charge in [0.1, 0.15) is 11.6 Å². The molecule has 2 aliphatic rings. The summed E-state index contributed by atoms with van der Waals surface area (Å²) in [5, 5.41) is 3.12. The van der Waals surface area contributed by atoms with Crippen LogP contribution in [0.25, 0.3) is 5.70 Å². The van der Waals surface area contributed by atoms with Gasteiger partial charge < -0.3 is 19.5 Å². The molecule has 2 aromatic rings. The third-order valence-electron chi connectivity index (χ3n) is 6.46. The molecule has 0 aliphatic carbocycles. The minimum Gasteiger partial charge on any atom is -0.495 e. The van der Waals surface area contributed by atoms with Crippen molar-refractivity contribution in [2.45, 2.75) is 44.9 Å². The van der Waals surface area contributed by atoms with Crippen molar-refractivity contribution in [3.63, 3.8) is 0 Å². The molecule has 9 heteroatoms. The number of aromatic nitrogens is 2. The van der Waals surface area contributed by atoms with E-state index in [2.05, 4.69) is 22.2 Å². The SMILES string of the molecule is C=S(=O)(C1=CN2C(=CCCC=C2c2cc(F)nc(NCc3ccn(C)c(=O)c3)c2)C=C1OC)C(C)(C)C. The number of nitrogens with one attached hydrogen (secondary N) is 1. The maximum absolute atomic E-state index is 14.7. The molecule has 1 atom stereocenters. The highest BCUT2D eigenvalue weighted by molar-refractivity contribution is 8.05. The van der Waals surface area contributed by atoms with Crippen LogP contribution in [0.15, 0.2) is 76.0 Å². The average molecular weight is 525 g/mol. The van der Waals surface area contributed by atoms with Crippen LogP contribution < -0.4 is 10.9 Å². The van der Waals surface area contributed by atoms with Crippen LogP contribution in [-0.4, -0.2) is 36.4 Å². The lowest BCUT2D eigenvalue weighted by Gasteiger charge is -2.34. The number of nitrogens with zero attached hydrogens (tertiary/aromatic N) is 3. The Bertz CT molecular complexity index is 1510. The Morgan fingerprint density at radius 1 is 1.22 bits per heavy atom. The van der Waals surface area contributed by atoms with Crippen molar-refractivity contribution in [3.05, 3.63) is 98.7 Å². The molecule has 1 unspecified atom stereocenters. The van der Waals surface area contributed by atoms with Crippen LogP contribution in [0.5, 0.6) is 0 Å². The predicted molar refractivity (Wildman–Crippen MR) is 149 cm³/mol. The van der Waals surface area contributed by atoms with Gasteiger partial charge in [0.25, 0.3) is 5.56 Å². The van der Waals surface area contributed by atoms with Gasteiger partial charge >= 0.3 is 0 Å². The van der Waals surface area contributed by atoms with Crippen molar-refractivity contribution < 1.29 is 13.3 Å². The van der Waals surface area contributed by atoms with E-state index in [0.717, 1.165) is 29.8 Å². The zero-order chi connectivity index (χ0) is 27.0. The molecule has 0 saturated carbocycles. The van der Waals surface area contributed by atoms with E-state index < -0.39 is 20.2 Å². The first-order valence-corrected chi connectivity index (χ1v) is 13.7. The third-order valence-corrected chi connectivity index (χ3v) is 9.46. The van der Waals surface area contributed by atoms with E-state index in [1.807, 2.05) is 43.9 Å². The number of allylic oxidation sites excluding steroid dienone is 3. The van der Waals surface area contributed by atoms with Crippen LogP contribution in [0.3, 0.4) is 0 Å². The molecule has 2 aromatic heterocycles. The maximum atomic E-state index is 14.7. The molecule has 0 radical (unpaired) electrons. The molecular formula is C28H33FN4O3S. The Hall–Kier alpha value is -3.59. The number of methoxy groups -OCH3 is 1. The van der Waals surface area contributed by atoms with Gasteiger partial charge in [-0.25, -0.2) is 4.98 Å². The predicted octanol–water partition coefficient (Wildman–Crippen LogP) is 4.75. The fourth-order valence-electron chi connectivity index (χ4n) is 4.07. The van der Waals surface area contributed by atoms with E-state index in [9.17, 15) is 13.4 Å². The van der Waals surface area contributed by atoms with E-state index in [1.54, 1.807) is 32.6 Å². The fourth-order valence-corrected chi connectivity index (χ4v) is 5.47. The summed E-state index contributed by atoms with van der Waals surface area (Å²) in [6.07, 6.45) is 11.0. The van der Waals surface area contributed by atoms with Gasteiger partial charge in [-0.15, -0.1) is 0 Å². The van der Waals surface area contributed by atoms with Crippen molar-refractivity contribution in [1.82, 2.24) is 14.5 Å². The first-order chi connectivity index (χ1) is 17.4. The number of anilines is 1. The fraction of sp³-hybridized carbons (Fsp3) is 0.321. The highest BCUT2D eigenvalue weighted by Crippen LogP contribution is 2.39. The summed E-state index contributed by atoms with van der Waals surface area (Å²) in [5.74, 6) is 4.30. The topological polar surface area (TPSA) is 76.5 Å². The smallest absolute Gasteiger partial charge is 0.250 e. The van der Waals surface area contributed by atoms with Crippen LogP contribution >= 0.6 is 0 Å². The Labute approximate surface area is 217 Å². The molecule has 0 saturated heterocycles. The van der Waals surface area contributed by atoms with Crippen LogP contribution in [0.4, 0.5) is 10.2 Å². The summed E-state index contributed by atoms with van der Waals surface area (Å²) in [4.78, 5) is 18.4. The number of fused-ring (bicyclic) bond motifs is 1. The monoisotopic (exact) mass is 524 g/mol. The quantitative estimate of drug-likeness (QED) is 0.434. The van der Waals surface area contributed by atoms with E-state index >= 15 is 0 Å². The molecule has 7 nitrogen and oxygen atoms in total. The van der Waals surface area contributed by atoms with Gasteiger partial charge in [-0.1, -0.05) is 12.2 Å². The van der Waals surface area contributed by atoms with Gasteiger partial charge in [0.2, 0.25) is 5.95 Å². The van der Waals surface area contributed by atoms with Crippen molar-refractivity contribution in [2.24, 2.45) is 7.05 Å². The van der Waals surface area contributed by atoms with Crippen molar-refractivity contribution in [1.29, 1.82) is 0 Å². The number of rotatable bonds is 6. The number of hydrogen-bond donors (Lipinski definition) is 1. The summed E-state index contributed by atoms with van der Waals surface area (Å²) in [6, 6.07) is 6.51. The van der Waals surface area contributed by atoms with E-state index in [0.29, 0.717) is 28.6 Å². The molecule has 4 heterocycles. The number of aryl methyl sites for hydroxylation is 1. The van der Waals surface area contributed by atoms with E-state index in [4.69, 9.17) is 4.74 Å². The minimum absolute atomic E-state index is 0.122.